The van der Waals surface area contributed by atoms with E-state index in [1.54, 1.807) is 26.0 Å². The average molecular weight is 647 g/mol. The number of rotatable bonds is 7. The van der Waals surface area contributed by atoms with Gasteiger partial charge in [0.15, 0.2) is 11.5 Å². The second-order valence-electron chi connectivity index (χ2n) is 15.0. The van der Waals surface area contributed by atoms with E-state index >= 15 is 0 Å². The minimum atomic E-state index is -1.76. The molecule has 11 heteroatoms. The second kappa shape index (κ2) is 11.7. The molecule has 1 saturated heterocycles. The molecule has 0 radical (unpaired) electrons. The number of carbonyl (C=O) groups is 1. The van der Waals surface area contributed by atoms with Crippen LogP contribution in [0.15, 0.2) is 30.4 Å². The number of aliphatic hydroxyl groups excluding tert-OH is 6. The molecule has 1 aromatic rings. The molecule has 2 saturated carbocycles. The Morgan fingerprint density at radius 3 is 2.43 bits per heavy atom. The summed E-state index contributed by atoms with van der Waals surface area (Å²) < 4.78 is 11.4. The highest BCUT2D eigenvalue weighted by atomic mass is 16.7. The molecule has 8 N–H and O–H groups in total. The summed E-state index contributed by atoms with van der Waals surface area (Å²) in [6, 6.07) is 1.57. The van der Waals surface area contributed by atoms with Crippen LogP contribution in [0.1, 0.15) is 70.6 Å². The van der Waals surface area contributed by atoms with Crippen LogP contribution in [-0.4, -0.2) is 102 Å². The van der Waals surface area contributed by atoms with Gasteiger partial charge in [-0.3, -0.25) is 4.79 Å². The summed E-state index contributed by atoms with van der Waals surface area (Å²) in [7, 11) is 0. The van der Waals surface area contributed by atoms with Gasteiger partial charge in [-0.25, -0.2) is 0 Å². The SMILES string of the molecule is C=C(C)/C=C/C(O)[C@](C)(O)[C@H]1[C@H](O)C[C@@]2(C)[C@@H]3CCc4c(cc(OC5OC(CO)C(O)C(O)C5O)c(O)c4C)[C@@]3(C)C(=O)C[C@]12C. The van der Waals surface area contributed by atoms with E-state index in [0.717, 1.165) is 5.56 Å². The Kier molecular flexibility index (Phi) is 8.87. The molecular formula is C35H50O11. The number of hydrogen-bond acceptors (Lipinski definition) is 11. The average Bonchev–Trinajstić information content (AvgIpc) is 3.19. The van der Waals surface area contributed by atoms with Crippen molar-refractivity contribution >= 4 is 5.78 Å². The molecule has 3 aliphatic carbocycles. The van der Waals surface area contributed by atoms with Crippen molar-refractivity contribution in [1.82, 2.24) is 0 Å². The lowest BCUT2D eigenvalue weighted by Gasteiger charge is -2.62. The zero-order valence-corrected chi connectivity index (χ0v) is 27.5. The Labute approximate surface area is 269 Å². The smallest absolute Gasteiger partial charge is 0.229 e. The fraction of sp³-hybridized carbons (Fsp3) is 0.686. The highest BCUT2D eigenvalue weighted by molar-refractivity contribution is 5.93. The number of phenols is 1. The van der Waals surface area contributed by atoms with Gasteiger partial charge in [-0.15, -0.1) is 0 Å². The van der Waals surface area contributed by atoms with Gasteiger partial charge in [-0.1, -0.05) is 38.2 Å². The van der Waals surface area contributed by atoms with Gasteiger partial charge in [0, 0.05) is 12.3 Å². The van der Waals surface area contributed by atoms with Crippen LogP contribution in [0, 0.1) is 29.6 Å². The van der Waals surface area contributed by atoms with Crippen molar-refractivity contribution in [3.05, 3.63) is 47.1 Å². The van der Waals surface area contributed by atoms with Crippen molar-refractivity contribution in [2.75, 3.05) is 6.61 Å². The van der Waals surface area contributed by atoms with Gasteiger partial charge >= 0.3 is 0 Å². The van der Waals surface area contributed by atoms with E-state index in [4.69, 9.17) is 9.47 Å². The van der Waals surface area contributed by atoms with Gasteiger partial charge < -0.3 is 50.3 Å². The molecule has 46 heavy (non-hydrogen) atoms. The number of ether oxygens (including phenoxy) is 2. The third-order valence-electron chi connectivity index (χ3n) is 12.3. The zero-order chi connectivity index (χ0) is 34.3. The third-order valence-corrected chi connectivity index (χ3v) is 12.3. The molecule has 0 bridgehead atoms. The molecule has 3 fully saturated rings. The fourth-order valence-corrected chi connectivity index (χ4v) is 9.65. The lowest BCUT2D eigenvalue weighted by atomic mass is 9.41. The number of Topliss-reactive ketones (excluding diaryl/α,β-unsaturated/α-hetero) is 1. The predicted molar refractivity (Wildman–Crippen MR) is 167 cm³/mol. The summed E-state index contributed by atoms with van der Waals surface area (Å²) in [4.78, 5) is 14.6. The topological polar surface area (TPSA) is 197 Å². The molecule has 256 valence electrons. The van der Waals surface area contributed by atoms with Crippen LogP contribution >= 0.6 is 0 Å². The molecule has 5 rings (SSSR count). The van der Waals surface area contributed by atoms with Crippen molar-refractivity contribution < 1.29 is 55.1 Å². The van der Waals surface area contributed by atoms with Crippen molar-refractivity contribution in [1.29, 1.82) is 0 Å². The highest BCUT2D eigenvalue weighted by Crippen LogP contribution is 2.72. The van der Waals surface area contributed by atoms with E-state index in [0.29, 0.717) is 36.0 Å². The first kappa shape index (κ1) is 35.0. The van der Waals surface area contributed by atoms with Crippen LogP contribution in [0.2, 0.25) is 0 Å². The van der Waals surface area contributed by atoms with Gasteiger partial charge in [0.1, 0.15) is 36.3 Å². The largest absolute Gasteiger partial charge is 0.504 e. The van der Waals surface area contributed by atoms with Gasteiger partial charge in [0.2, 0.25) is 6.29 Å². The van der Waals surface area contributed by atoms with Crippen molar-refractivity contribution in [2.45, 2.75) is 121 Å². The summed E-state index contributed by atoms with van der Waals surface area (Å²) in [5.74, 6) is -1.53. The maximum absolute atomic E-state index is 14.6. The lowest BCUT2D eigenvalue weighted by molar-refractivity contribution is -0.277. The van der Waals surface area contributed by atoms with Crippen LogP contribution < -0.4 is 4.74 Å². The molecule has 6 unspecified atom stereocenters. The summed E-state index contributed by atoms with van der Waals surface area (Å²) in [5.41, 5.74) is -1.75. The minimum Gasteiger partial charge on any atom is -0.504 e. The molecule has 1 aromatic carbocycles. The number of aromatic hydroxyl groups is 1. The number of carbonyl (C=O) groups excluding carboxylic acids is 1. The summed E-state index contributed by atoms with van der Waals surface area (Å²) in [6.45, 7) is 14.0. The van der Waals surface area contributed by atoms with E-state index < -0.39 is 77.3 Å². The van der Waals surface area contributed by atoms with E-state index in [-0.39, 0.29) is 29.6 Å². The molecule has 4 aliphatic rings. The van der Waals surface area contributed by atoms with E-state index in [1.807, 2.05) is 13.8 Å². The van der Waals surface area contributed by atoms with Gasteiger partial charge in [0.25, 0.3) is 0 Å². The van der Waals surface area contributed by atoms with Crippen LogP contribution in [0.4, 0.5) is 0 Å². The molecule has 13 atom stereocenters. The number of benzene rings is 1. The lowest BCUT2D eigenvalue weighted by Crippen LogP contribution is -2.64. The standard InChI is InChI=1S/C35H50O11/c1-16(2)8-11-24(38)35(7,44)30-20(37)13-32(4)23-10-9-18-17(3)26(40)21(12-19(18)34(23,6)25(39)14-33(30,32)5)45-31-29(43)28(42)27(41)22(15-36)46-31/h8,11-12,20,22-24,27-31,36-38,40-44H,1,9-10,13-15H2,2-7H3/b11-8+/t20-,22?,23+,24?,27?,28?,29?,30+,31?,32+,33-,34-,35+/m1/s1. The van der Waals surface area contributed by atoms with E-state index in [9.17, 15) is 45.6 Å². The monoisotopic (exact) mass is 646 g/mol. The number of ketones is 1. The number of fused-ring (bicyclic) bond motifs is 5. The fourth-order valence-electron chi connectivity index (χ4n) is 9.65. The molecule has 1 aliphatic heterocycles. The summed E-state index contributed by atoms with van der Waals surface area (Å²) in [6.07, 6.45) is -5.51. The van der Waals surface area contributed by atoms with Gasteiger partial charge in [-0.2, -0.15) is 0 Å². The van der Waals surface area contributed by atoms with Crippen LogP contribution in [0.25, 0.3) is 0 Å². The van der Waals surface area contributed by atoms with Crippen LogP contribution in [0.5, 0.6) is 11.5 Å². The third kappa shape index (κ3) is 4.89. The van der Waals surface area contributed by atoms with Crippen LogP contribution in [-0.2, 0) is 21.4 Å². The predicted octanol–water partition coefficient (Wildman–Crippen LogP) is 1.31. The Morgan fingerprint density at radius 2 is 1.83 bits per heavy atom. The number of hydrogen-bond donors (Lipinski definition) is 8. The number of aliphatic hydroxyl groups is 7. The summed E-state index contributed by atoms with van der Waals surface area (Å²) in [5, 5.41) is 86.4. The van der Waals surface area contributed by atoms with Crippen molar-refractivity contribution in [2.24, 2.45) is 22.7 Å². The Balaban J connectivity index is 1.55. The first-order chi connectivity index (χ1) is 21.3. The maximum Gasteiger partial charge on any atom is 0.229 e. The Morgan fingerprint density at radius 1 is 1.17 bits per heavy atom. The molecule has 0 amide bonds. The Hall–Kier alpha value is -2.35. The Bertz CT molecular complexity index is 1420. The van der Waals surface area contributed by atoms with E-state index in [2.05, 4.69) is 13.5 Å². The quantitative estimate of drug-likeness (QED) is 0.199. The highest BCUT2D eigenvalue weighted by Gasteiger charge is 2.73. The van der Waals surface area contributed by atoms with Gasteiger partial charge in [0.05, 0.1) is 23.7 Å². The number of phenolic OH excluding ortho intramolecular Hbond substituents is 1. The van der Waals surface area contributed by atoms with Gasteiger partial charge in [-0.05, 0) is 86.5 Å². The first-order valence-electron chi connectivity index (χ1n) is 16.1. The molecule has 0 aromatic heterocycles. The number of allylic oxidation sites excluding steroid dienone is 2. The molecular weight excluding hydrogens is 596 g/mol. The molecule has 0 spiro atoms. The molecule has 11 nitrogen and oxygen atoms in total. The van der Waals surface area contributed by atoms with Crippen LogP contribution in [0.3, 0.4) is 0 Å². The zero-order valence-electron chi connectivity index (χ0n) is 27.5. The van der Waals surface area contributed by atoms with Crippen molar-refractivity contribution in [3.8, 4) is 11.5 Å². The molecule has 1 heterocycles. The maximum atomic E-state index is 14.6. The second-order valence-corrected chi connectivity index (χ2v) is 15.0. The van der Waals surface area contributed by atoms with Crippen molar-refractivity contribution in [3.63, 3.8) is 0 Å². The van der Waals surface area contributed by atoms with E-state index in [1.165, 1.54) is 13.0 Å². The normalized spacial score (nSPS) is 42.6. The minimum absolute atomic E-state index is 0.0214. The summed E-state index contributed by atoms with van der Waals surface area (Å²) >= 11 is 0. The first-order valence-corrected chi connectivity index (χ1v) is 16.1.